The fourth-order valence-electron chi connectivity index (χ4n) is 1.92. The molecule has 0 aromatic carbocycles. The lowest BCUT2D eigenvalue weighted by molar-refractivity contribution is 0.577. The number of hydrogen-bond donors (Lipinski definition) is 1. The fourth-order valence-corrected chi connectivity index (χ4v) is 5.00. The van der Waals surface area contributed by atoms with E-state index in [1.54, 1.807) is 35.8 Å². The number of hydrogen-bond acceptors (Lipinski definition) is 7. The maximum atomic E-state index is 12.2. The largest absolute Gasteiger partial charge is 0.388 e. The van der Waals surface area contributed by atoms with Gasteiger partial charge in [-0.15, -0.1) is 0 Å². The molecule has 1 aliphatic heterocycles. The molecule has 2 heterocycles. The van der Waals surface area contributed by atoms with E-state index in [9.17, 15) is 8.42 Å². The predicted octanol–water partition coefficient (Wildman–Crippen LogP) is 0.425. The lowest BCUT2D eigenvalue weighted by Gasteiger charge is -2.34. The number of aromatic nitrogens is 2. The quantitative estimate of drug-likeness (QED) is 0.794. The van der Waals surface area contributed by atoms with Crippen molar-refractivity contribution in [3.05, 3.63) is 18.0 Å². The van der Waals surface area contributed by atoms with Gasteiger partial charge in [-0.1, -0.05) is 19.1 Å². The molecule has 1 fully saturated rings. The van der Waals surface area contributed by atoms with Crippen LogP contribution in [0.15, 0.2) is 12.3 Å². The molecule has 0 aliphatic carbocycles. The highest BCUT2D eigenvalue weighted by Gasteiger charge is 2.34. The summed E-state index contributed by atoms with van der Waals surface area (Å²) in [5.74, 6) is 1.84. The van der Waals surface area contributed by atoms with E-state index in [0.717, 1.165) is 5.75 Å². The normalized spacial score (nSPS) is 19.9. The van der Waals surface area contributed by atoms with Crippen LogP contribution in [0.5, 0.6) is 0 Å². The monoisotopic (exact) mass is 332 g/mol. The zero-order valence-corrected chi connectivity index (χ0v) is 13.5. The van der Waals surface area contributed by atoms with Gasteiger partial charge in [0.25, 0.3) is 0 Å². The highest BCUT2D eigenvalue weighted by atomic mass is 32.2. The molecule has 1 saturated heterocycles. The van der Waals surface area contributed by atoms with Crippen LogP contribution in [0.1, 0.15) is 12.6 Å². The lowest BCUT2D eigenvalue weighted by Crippen LogP contribution is -2.48. The molecular formula is C11H16N4O2S3. The molecule has 2 rings (SSSR count). The van der Waals surface area contributed by atoms with Crippen molar-refractivity contribution in [3.63, 3.8) is 0 Å². The van der Waals surface area contributed by atoms with Gasteiger partial charge >= 0.3 is 0 Å². The zero-order chi connectivity index (χ0) is 14.8. The van der Waals surface area contributed by atoms with Crippen LogP contribution < -0.4 is 10.6 Å². The average molecular weight is 332 g/mol. The van der Waals surface area contributed by atoms with Gasteiger partial charge in [0.2, 0.25) is 5.95 Å². The predicted molar refractivity (Wildman–Crippen MR) is 85.8 cm³/mol. The fraction of sp³-hybridized carbons (Fsp3) is 0.545. The van der Waals surface area contributed by atoms with E-state index in [0.29, 0.717) is 23.9 Å². The molecule has 0 spiro atoms. The third kappa shape index (κ3) is 3.21. The van der Waals surface area contributed by atoms with Crippen LogP contribution in [0.2, 0.25) is 0 Å². The lowest BCUT2D eigenvalue weighted by atomic mass is 10.4. The second kappa shape index (κ2) is 6.23. The summed E-state index contributed by atoms with van der Waals surface area (Å²) in [6, 6.07) is 1.62. The maximum absolute atomic E-state index is 12.2. The zero-order valence-electron chi connectivity index (χ0n) is 11.0. The first-order valence-electron chi connectivity index (χ1n) is 6.14. The van der Waals surface area contributed by atoms with Crippen molar-refractivity contribution in [2.24, 2.45) is 5.73 Å². The Morgan fingerprint density at radius 1 is 1.65 bits per heavy atom. The molecule has 1 aromatic heterocycles. The van der Waals surface area contributed by atoms with E-state index in [4.69, 9.17) is 18.0 Å². The van der Waals surface area contributed by atoms with Crippen LogP contribution in [0.25, 0.3) is 0 Å². The van der Waals surface area contributed by atoms with Crippen molar-refractivity contribution in [3.8, 4) is 0 Å². The molecule has 0 radical (unpaired) electrons. The summed E-state index contributed by atoms with van der Waals surface area (Å²) < 4.78 is 24.4. The van der Waals surface area contributed by atoms with Gasteiger partial charge in [0, 0.05) is 30.0 Å². The Labute approximate surface area is 128 Å². The standard InChI is InChI=1S/C11H16N4O2S3/c1-2-20(16,17)9-7-19-6-5-15(9)11-13-4-3-8(14-11)10(12)18/h3-4,9H,2,5-7H2,1H3,(H2,12,18). The Hall–Kier alpha value is -0.930. The minimum Gasteiger partial charge on any atom is -0.388 e. The van der Waals surface area contributed by atoms with Gasteiger partial charge in [0.15, 0.2) is 9.84 Å². The SMILES string of the molecule is CCS(=O)(=O)C1CSCCN1c1nccc(C(N)=S)n1. The Morgan fingerprint density at radius 2 is 2.40 bits per heavy atom. The molecule has 1 aliphatic rings. The summed E-state index contributed by atoms with van der Waals surface area (Å²) in [6.45, 7) is 2.24. The molecule has 1 unspecified atom stereocenters. The number of nitrogens with zero attached hydrogens (tertiary/aromatic N) is 3. The maximum Gasteiger partial charge on any atom is 0.227 e. The van der Waals surface area contributed by atoms with E-state index >= 15 is 0 Å². The van der Waals surface area contributed by atoms with Crippen molar-refractivity contribution >= 4 is 44.8 Å². The second-order valence-electron chi connectivity index (χ2n) is 4.28. The summed E-state index contributed by atoms with van der Waals surface area (Å²) in [5, 5.41) is -0.590. The number of sulfone groups is 1. The van der Waals surface area contributed by atoms with E-state index in [1.165, 1.54) is 0 Å². The van der Waals surface area contributed by atoms with E-state index < -0.39 is 15.2 Å². The van der Waals surface area contributed by atoms with Crippen molar-refractivity contribution in [1.82, 2.24) is 9.97 Å². The highest BCUT2D eigenvalue weighted by molar-refractivity contribution is 8.01. The van der Waals surface area contributed by atoms with Gasteiger partial charge in [-0.05, 0) is 6.07 Å². The summed E-state index contributed by atoms with van der Waals surface area (Å²) >= 11 is 6.52. The third-order valence-corrected chi connectivity index (χ3v) is 6.55. The number of anilines is 1. The number of thiocarbonyl (C=S) groups is 1. The first kappa shape index (κ1) is 15.5. The van der Waals surface area contributed by atoms with E-state index in [-0.39, 0.29) is 10.7 Å². The summed E-state index contributed by atoms with van der Waals surface area (Å²) in [5.41, 5.74) is 6.01. The van der Waals surface area contributed by atoms with E-state index in [1.807, 2.05) is 0 Å². The first-order chi connectivity index (χ1) is 9.45. The topological polar surface area (TPSA) is 89.2 Å². The molecule has 6 nitrogen and oxygen atoms in total. The van der Waals surface area contributed by atoms with Gasteiger partial charge < -0.3 is 10.6 Å². The summed E-state index contributed by atoms with van der Waals surface area (Å²) in [4.78, 5) is 10.3. The van der Waals surface area contributed by atoms with Crippen LogP contribution in [0.3, 0.4) is 0 Å². The highest BCUT2D eigenvalue weighted by Crippen LogP contribution is 2.24. The Balaban J connectivity index is 2.38. The number of rotatable bonds is 4. The minimum absolute atomic E-state index is 0.101. The molecule has 1 atom stereocenters. The molecule has 0 saturated carbocycles. The Bertz CT molecular complexity index is 605. The van der Waals surface area contributed by atoms with Crippen LogP contribution in [0.4, 0.5) is 5.95 Å². The van der Waals surface area contributed by atoms with Crippen LogP contribution in [-0.4, -0.2) is 52.6 Å². The smallest absolute Gasteiger partial charge is 0.227 e. The van der Waals surface area contributed by atoms with Gasteiger partial charge in [0.05, 0.1) is 0 Å². The minimum atomic E-state index is -3.19. The van der Waals surface area contributed by atoms with Crippen molar-refractivity contribution < 1.29 is 8.42 Å². The molecule has 2 N–H and O–H groups in total. The Morgan fingerprint density at radius 3 is 3.05 bits per heavy atom. The van der Waals surface area contributed by atoms with Crippen molar-refractivity contribution in [2.75, 3.05) is 28.7 Å². The molecule has 1 aromatic rings. The third-order valence-electron chi connectivity index (χ3n) is 3.05. The van der Waals surface area contributed by atoms with Crippen molar-refractivity contribution in [1.29, 1.82) is 0 Å². The molecule has 110 valence electrons. The number of nitrogens with two attached hydrogens (primary N) is 1. The first-order valence-corrected chi connectivity index (χ1v) is 9.42. The molecule has 9 heteroatoms. The van der Waals surface area contributed by atoms with Crippen LogP contribution >= 0.6 is 24.0 Å². The van der Waals surface area contributed by atoms with Gasteiger partial charge in [0.1, 0.15) is 16.1 Å². The van der Waals surface area contributed by atoms with E-state index in [2.05, 4.69) is 9.97 Å². The molecule has 0 bridgehead atoms. The van der Waals surface area contributed by atoms with Gasteiger partial charge in [-0.25, -0.2) is 18.4 Å². The molecular weight excluding hydrogens is 316 g/mol. The van der Waals surface area contributed by atoms with Gasteiger partial charge in [-0.3, -0.25) is 0 Å². The van der Waals surface area contributed by atoms with Crippen molar-refractivity contribution in [2.45, 2.75) is 12.3 Å². The van der Waals surface area contributed by atoms with Gasteiger partial charge in [-0.2, -0.15) is 11.8 Å². The Kier molecular flexibility index (Phi) is 4.82. The molecule has 20 heavy (non-hydrogen) atoms. The summed E-state index contributed by atoms with van der Waals surface area (Å²) in [6.07, 6.45) is 1.55. The molecule has 0 amide bonds. The second-order valence-corrected chi connectivity index (χ2v) is 8.32. The average Bonchev–Trinajstić information content (AvgIpc) is 2.47. The number of thioether (sulfide) groups is 1. The summed E-state index contributed by atoms with van der Waals surface area (Å²) in [7, 11) is -3.19. The van der Waals surface area contributed by atoms with Crippen LogP contribution in [-0.2, 0) is 9.84 Å². The van der Waals surface area contributed by atoms with Crippen LogP contribution in [0, 0.1) is 0 Å².